The van der Waals surface area contributed by atoms with Crippen LogP contribution in [0.2, 0.25) is 0 Å². The quantitative estimate of drug-likeness (QED) is 0.365. The molecule has 3 aromatic rings. The summed E-state index contributed by atoms with van der Waals surface area (Å²) in [6.45, 7) is 7.46. The van der Waals surface area contributed by atoms with Gasteiger partial charge in [-0.1, -0.05) is 23.5 Å². The van der Waals surface area contributed by atoms with Crippen LogP contribution in [0.3, 0.4) is 0 Å². The van der Waals surface area contributed by atoms with Gasteiger partial charge in [0.25, 0.3) is 0 Å². The van der Waals surface area contributed by atoms with E-state index in [1.807, 2.05) is 44.2 Å². The number of anilines is 2. The zero-order valence-electron chi connectivity index (χ0n) is 15.0. The maximum atomic E-state index is 5.27. The number of methoxy groups -OCH3 is 1. The van der Waals surface area contributed by atoms with Crippen LogP contribution in [-0.4, -0.2) is 23.8 Å². The monoisotopic (exact) mass is 364 g/mol. The molecule has 26 heavy (non-hydrogen) atoms. The van der Waals surface area contributed by atoms with E-state index in [4.69, 9.17) is 4.74 Å². The number of fused-ring (bicyclic) bond motifs is 1. The van der Waals surface area contributed by atoms with Gasteiger partial charge in [0.2, 0.25) is 0 Å². The lowest BCUT2D eigenvalue weighted by Crippen LogP contribution is -1.93. The SMILES string of the molecule is C=N/C=C(\C=C(/C)c1ccc2nc(Nc3cccc(C)n3)sc2c1)OC. The molecule has 5 nitrogen and oxygen atoms in total. The molecular formula is C20H20N4OS. The molecule has 0 unspecified atom stereocenters. The van der Waals surface area contributed by atoms with Crippen molar-refractivity contribution >= 4 is 44.8 Å². The summed E-state index contributed by atoms with van der Waals surface area (Å²) in [7, 11) is 1.62. The fourth-order valence-electron chi connectivity index (χ4n) is 2.48. The van der Waals surface area contributed by atoms with Crippen molar-refractivity contribution in [2.24, 2.45) is 4.99 Å². The molecule has 0 spiro atoms. The van der Waals surface area contributed by atoms with Gasteiger partial charge < -0.3 is 10.1 Å². The normalized spacial score (nSPS) is 12.3. The summed E-state index contributed by atoms with van der Waals surface area (Å²) in [6, 6.07) is 12.1. The third kappa shape index (κ3) is 4.15. The standard InChI is InChI=1S/C20H20N4OS/c1-13(10-16(25-4)12-21-3)15-8-9-17-18(11-15)26-20(23-17)24-19-7-5-6-14(2)22-19/h5-12H,3H2,1-2,4H3,(H,22,23,24)/b13-10+,16-12+. The van der Waals surface area contributed by atoms with Gasteiger partial charge in [-0.05, 0) is 62.0 Å². The molecule has 0 amide bonds. The highest BCUT2D eigenvalue weighted by atomic mass is 32.1. The maximum Gasteiger partial charge on any atom is 0.189 e. The van der Waals surface area contributed by atoms with E-state index in [9.17, 15) is 0 Å². The van der Waals surface area contributed by atoms with Crippen LogP contribution < -0.4 is 5.32 Å². The van der Waals surface area contributed by atoms with Crippen LogP contribution in [-0.2, 0) is 4.74 Å². The number of nitrogens with one attached hydrogen (secondary N) is 1. The number of hydrogen-bond acceptors (Lipinski definition) is 6. The van der Waals surface area contributed by atoms with E-state index in [0.717, 1.165) is 38.0 Å². The lowest BCUT2D eigenvalue weighted by Gasteiger charge is -2.04. The predicted octanol–water partition coefficient (Wildman–Crippen LogP) is 5.34. The first-order valence-electron chi connectivity index (χ1n) is 8.09. The van der Waals surface area contributed by atoms with Crippen molar-refractivity contribution in [1.82, 2.24) is 9.97 Å². The van der Waals surface area contributed by atoms with Gasteiger partial charge in [-0.2, -0.15) is 0 Å². The molecule has 2 aromatic heterocycles. The van der Waals surface area contributed by atoms with Crippen LogP contribution in [0.5, 0.6) is 0 Å². The van der Waals surface area contributed by atoms with Gasteiger partial charge in [0.05, 0.1) is 23.5 Å². The second-order valence-electron chi connectivity index (χ2n) is 5.74. The fourth-order valence-corrected chi connectivity index (χ4v) is 3.39. The zero-order valence-corrected chi connectivity index (χ0v) is 15.8. The molecule has 0 atom stereocenters. The molecule has 0 bridgehead atoms. The van der Waals surface area contributed by atoms with Crippen LogP contribution in [0.1, 0.15) is 18.2 Å². The zero-order chi connectivity index (χ0) is 18.5. The predicted molar refractivity (Wildman–Crippen MR) is 110 cm³/mol. The molecule has 0 aliphatic rings. The van der Waals surface area contributed by atoms with Gasteiger partial charge in [-0.3, -0.25) is 4.99 Å². The van der Waals surface area contributed by atoms with Crippen molar-refractivity contribution < 1.29 is 4.74 Å². The molecule has 0 fully saturated rings. The van der Waals surface area contributed by atoms with Gasteiger partial charge in [0.1, 0.15) is 11.6 Å². The number of pyridine rings is 1. The Morgan fingerprint density at radius 2 is 2.12 bits per heavy atom. The molecule has 0 radical (unpaired) electrons. The fraction of sp³-hybridized carbons (Fsp3) is 0.150. The molecule has 3 rings (SSSR count). The van der Waals surface area contributed by atoms with Crippen molar-refractivity contribution in [3.05, 3.63) is 65.7 Å². The smallest absolute Gasteiger partial charge is 0.189 e. The highest BCUT2D eigenvalue weighted by Crippen LogP contribution is 2.30. The van der Waals surface area contributed by atoms with E-state index in [1.54, 1.807) is 24.6 Å². The number of nitrogens with zero attached hydrogens (tertiary/aromatic N) is 3. The number of aromatic nitrogens is 2. The minimum atomic E-state index is 0.662. The van der Waals surface area contributed by atoms with E-state index in [-0.39, 0.29) is 0 Å². The number of aryl methyl sites for hydroxylation is 1. The van der Waals surface area contributed by atoms with E-state index >= 15 is 0 Å². The number of ether oxygens (including phenoxy) is 1. The summed E-state index contributed by atoms with van der Waals surface area (Å²) in [5.74, 6) is 1.46. The first kappa shape index (κ1) is 17.8. The van der Waals surface area contributed by atoms with E-state index in [1.165, 1.54) is 0 Å². The maximum absolute atomic E-state index is 5.27. The van der Waals surface area contributed by atoms with E-state index in [0.29, 0.717) is 5.76 Å². The number of hydrogen-bond donors (Lipinski definition) is 1. The van der Waals surface area contributed by atoms with Crippen molar-refractivity contribution in [2.45, 2.75) is 13.8 Å². The van der Waals surface area contributed by atoms with Gasteiger partial charge in [0, 0.05) is 5.69 Å². The first-order chi connectivity index (χ1) is 12.6. The Morgan fingerprint density at radius 1 is 1.27 bits per heavy atom. The number of aliphatic imine (C=N–C) groups is 1. The Bertz CT molecular complexity index is 1000. The molecule has 0 aliphatic carbocycles. The van der Waals surface area contributed by atoms with Gasteiger partial charge >= 0.3 is 0 Å². The minimum absolute atomic E-state index is 0.662. The number of benzene rings is 1. The van der Waals surface area contributed by atoms with Crippen molar-refractivity contribution in [2.75, 3.05) is 12.4 Å². The number of thiazole rings is 1. The van der Waals surface area contributed by atoms with Crippen LogP contribution >= 0.6 is 11.3 Å². The summed E-state index contributed by atoms with van der Waals surface area (Å²) in [4.78, 5) is 12.8. The average Bonchev–Trinajstić information content (AvgIpc) is 3.02. The molecule has 0 aliphatic heterocycles. The van der Waals surface area contributed by atoms with Gasteiger partial charge in [0.15, 0.2) is 5.13 Å². The van der Waals surface area contributed by atoms with Crippen LogP contribution in [0.4, 0.5) is 10.9 Å². The largest absolute Gasteiger partial charge is 0.495 e. The average molecular weight is 364 g/mol. The van der Waals surface area contributed by atoms with E-state index < -0.39 is 0 Å². The van der Waals surface area contributed by atoms with Crippen molar-refractivity contribution in [1.29, 1.82) is 0 Å². The molecule has 1 aromatic carbocycles. The minimum Gasteiger partial charge on any atom is -0.495 e. The van der Waals surface area contributed by atoms with Crippen LogP contribution in [0.25, 0.3) is 15.8 Å². The Morgan fingerprint density at radius 3 is 2.85 bits per heavy atom. The number of rotatable bonds is 6. The van der Waals surface area contributed by atoms with Gasteiger partial charge in [-0.15, -0.1) is 0 Å². The summed E-state index contributed by atoms with van der Waals surface area (Å²) >= 11 is 1.60. The second kappa shape index (κ2) is 7.93. The summed E-state index contributed by atoms with van der Waals surface area (Å²) in [5.41, 5.74) is 4.10. The highest BCUT2D eigenvalue weighted by Gasteiger charge is 2.07. The second-order valence-corrected chi connectivity index (χ2v) is 6.77. The van der Waals surface area contributed by atoms with E-state index in [2.05, 4.69) is 39.1 Å². The molecule has 132 valence electrons. The van der Waals surface area contributed by atoms with Gasteiger partial charge in [-0.25, -0.2) is 9.97 Å². The topological polar surface area (TPSA) is 59.4 Å². The van der Waals surface area contributed by atoms with Crippen LogP contribution in [0.15, 0.2) is 59.4 Å². The third-order valence-corrected chi connectivity index (χ3v) is 4.71. The Kier molecular flexibility index (Phi) is 5.43. The number of allylic oxidation sites excluding steroid dienone is 2. The summed E-state index contributed by atoms with van der Waals surface area (Å²) < 4.78 is 6.38. The summed E-state index contributed by atoms with van der Waals surface area (Å²) in [6.07, 6.45) is 3.53. The molecular weight excluding hydrogens is 344 g/mol. The molecule has 0 saturated carbocycles. The van der Waals surface area contributed by atoms with Crippen LogP contribution in [0, 0.1) is 6.92 Å². The lowest BCUT2D eigenvalue weighted by molar-refractivity contribution is 0.306. The lowest BCUT2D eigenvalue weighted by atomic mass is 10.1. The van der Waals surface area contributed by atoms with Crippen molar-refractivity contribution in [3.63, 3.8) is 0 Å². The third-order valence-electron chi connectivity index (χ3n) is 3.78. The first-order valence-corrected chi connectivity index (χ1v) is 8.90. The van der Waals surface area contributed by atoms with Crippen molar-refractivity contribution in [3.8, 4) is 0 Å². The molecule has 6 heteroatoms. The Balaban J connectivity index is 1.88. The Hall–Kier alpha value is -2.99. The highest BCUT2D eigenvalue weighted by molar-refractivity contribution is 7.22. The molecule has 0 saturated heterocycles. The summed E-state index contributed by atoms with van der Waals surface area (Å²) in [5, 5.41) is 4.10. The molecule has 1 N–H and O–H groups in total. The Labute approximate surface area is 156 Å². The molecule has 2 heterocycles.